The van der Waals surface area contributed by atoms with Gasteiger partial charge < -0.3 is 15.1 Å². The monoisotopic (exact) mass is 547 g/mol. The zero-order chi connectivity index (χ0) is 26.0. The Hall–Kier alpha value is -2.40. The van der Waals surface area contributed by atoms with Crippen molar-refractivity contribution in [1.29, 1.82) is 0 Å². The summed E-state index contributed by atoms with van der Waals surface area (Å²) in [5.41, 5.74) is 2.64. The third-order valence-electron chi connectivity index (χ3n) is 8.77. The molecule has 1 amide bonds. The number of piperidine rings is 2. The summed E-state index contributed by atoms with van der Waals surface area (Å²) in [7, 11) is 0. The van der Waals surface area contributed by atoms with Crippen LogP contribution in [0.3, 0.4) is 0 Å². The summed E-state index contributed by atoms with van der Waals surface area (Å²) in [5, 5.41) is 6.13. The highest BCUT2D eigenvalue weighted by Crippen LogP contribution is 2.23. The Labute approximate surface area is 241 Å². The van der Waals surface area contributed by atoms with Gasteiger partial charge >= 0.3 is 0 Å². The van der Waals surface area contributed by atoms with Gasteiger partial charge in [-0.1, -0.05) is 72.8 Å². The van der Waals surface area contributed by atoms with Crippen LogP contribution in [0.5, 0.6) is 0 Å². The first-order chi connectivity index (χ1) is 18.7. The summed E-state index contributed by atoms with van der Waals surface area (Å²) in [4.78, 5) is 17.7. The van der Waals surface area contributed by atoms with Crippen LogP contribution in [-0.4, -0.2) is 61.5 Å². The van der Waals surface area contributed by atoms with E-state index in [1.807, 2.05) is 0 Å². The van der Waals surface area contributed by atoms with Crippen LogP contribution >= 0.6 is 12.4 Å². The Morgan fingerprint density at radius 3 is 2.26 bits per heavy atom. The number of carbonyl (C=O) groups is 1. The molecular weight excluding hydrogens is 502 g/mol. The van der Waals surface area contributed by atoms with Crippen molar-refractivity contribution in [3.8, 4) is 0 Å². The van der Waals surface area contributed by atoms with E-state index in [0.717, 1.165) is 50.5 Å². The molecule has 2 saturated heterocycles. The minimum atomic E-state index is 0. The number of hydrogen-bond acceptors (Lipinski definition) is 3. The number of nitrogens with zero attached hydrogens (tertiary/aromatic N) is 2. The van der Waals surface area contributed by atoms with Crippen molar-refractivity contribution in [2.24, 2.45) is 11.8 Å². The zero-order valence-corrected chi connectivity index (χ0v) is 24.2. The second-order valence-corrected chi connectivity index (χ2v) is 11.5. The van der Waals surface area contributed by atoms with Gasteiger partial charge in [0.05, 0.1) is 6.42 Å². The van der Waals surface area contributed by atoms with E-state index in [9.17, 15) is 4.79 Å². The first-order valence-electron chi connectivity index (χ1n) is 15.0. The molecule has 2 aliphatic rings. The van der Waals surface area contributed by atoms with E-state index in [1.165, 1.54) is 68.1 Å². The topological polar surface area (TPSA) is 35.6 Å². The van der Waals surface area contributed by atoms with E-state index < -0.39 is 0 Å². The fourth-order valence-corrected chi connectivity index (χ4v) is 6.36. The fourth-order valence-electron chi connectivity index (χ4n) is 6.36. The number of rotatable bonds is 11. The van der Waals surface area contributed by atoms with Crippen LogP contribution in [0.25, 0.3) is 10.8 Å². The summed E-state index contributed by atoms with van der Waals surface area (Å²) in [6.45, 7) is 7.79. The smallest absolute Gasteiger partial charge is 0.227 e. The summed E-state index contributed by atoms with van der Waals surface area (Å²) in [6, 6.07) is 25.7. The standard InChI is InChI=1S/C34H45N3O.ClH/c38-34(26-32-13-8-12-31-11-4-5-14-33(31)32)37-23-17-30(18-24-37)27-35-19-6-7-20-36-21-15-29(16-22-36)25-28-9-2-1-3-10-28;/h1-5,8-14,29-30,35H,6-7,15-27H2;1H. The van der Waals surface area contributed by atoms with Crippen molar-refractivity contribution in [3.05, 3.63) is 83.9 Å². The molecule has 0 atom stereocenters. The number of unbranched alkanes of at least 4 members (excludes halogenated alkanes) is 1. The first-order valence-corrected chi connectivity index (χ1v) is 15.0. The van der Waals surface area contributed by atoms with Crippen LogP contribution in [0, 0.1) is 11.8 Å². The largest absolute Gasteiger partial charge is 0.342 e. The predicted molar refractivity (Wildman–Crippen MR) is 166 cm³/mol. The summed E-state index contributed by atoms with van der Waals surface area (Å²) in [5.74, 6) is 1.83. The van der Waals surface area contributed by atoms with Crippen LogP contribution in [0.15, 0.2) is 72.8 Å². The fraction of sp³-hybridized carbons (Fsp3) is 0.500. The minimum absolute atomic E-state index is 0. The molecule has 0 unspecified atom stereocenters. The molecule has 39 heavy (non-hydrogen) atoms. The molecule has 0 aliphatic carbocycles. The van der Waals surface area contributed by atoms with Gasteiger partial charge in [-0.3, -0.25) is 4.79 Å². The van der Waals surface area contributed by atoms with E-state index in [-0.39, 0.29) is 18.3 Å². The molecule has 5 heteroatoms. The maximum Gasteiger partial charge on any atom is 0.227 e. The Morgan fingerprint density at radius 2 is 1.46 bits per heavy atom. The van der Waals surface area contributed by atoms with E-state index in [2.05, 4.69) is 87.9 Å². The van der Waals surface area contributed by atoms with Crippen molar-refractivity contribution < 1.29 is 4.79 Å². The molecule has 4 nitrogen and oxygen atoms in total. The second kappa shape index (κ2) is 15.4. The molecule has 210 valence electrons. The van der Waals surface area contributed by atoms with Crippen molar-refractivity contribution in [3.63, 3.8) is 0 Å². The summed E-state index contributed by atoms with van der Waals surface area (Å²) in [6.07, 6.45) is 9.22. The molecule has 0 aromatic heterocycles. The third kappa shape index (κ3) is 8.79. The van der Waals surface area contributed by atoms with Crippen LogP contribution in [0.4, 0.5) is 0 Å². The molecule has 2 fully saturated rings. The van der Waals surface area contributed by atoms with E-state index >= 15 is 0 Å². The van der Waals surface area contributed by atoms with Gasteiger partial charge in [0.2, 0.25) is 5.91 Å². The van der Waals surface area contributed by atoms with Crippen molar-refractivity contribution >= 4 is 29.1 Å². The average Bonchev–Trinajstić information content (AvgIpc) is 2.97. The molecule has 0 radical (unpaired) electrons. The SMILES string of the molecule is Cl.O=C(Cc1cccc2ccccc12)N1CCC(CNCCCCN2CCC(Cc3ccccc3)CC2)CC1. The molecule has 3 aromatic rings. The third-order valence-corrected chi connectivity index (χ3v) is 8.77. The van der Waals surface area contributed by atoms with Crippen molar-refractivity contribution in [2.75, 3.05) is 45.8 Å². The Balaban J connectivity index is 0.00000353. The van der Waals surface area contributed by atoms with E-state index in [1.54, 1.807) is 0 Å². The van der Waals surface area contributed by atoms with Crippen molar-refractivity contribution in [2.45, 2.75) is 51.4 Å². The van der Waals surface area contributed by atoms with E-state index in [4.69, 9.17) is 0 Å². The van der Waals surface area contributed by atoms with Gasteiger partial charge in [0.1, 0.15) is 0 Å². The normalized spacial score (nSPS) is 17.3. The molecule has 5 rings (SSSR count). The number of nitrogens with one attached hydrogen (secondary N) is 1. The quantitative estimate of drug-likeness (QED) is 0.283. The lowest BCUT2D eigenvalue weighted by molar-refractivity contribution is -0.131. The Morgan fingerprint density at radius 1 is 0.769 bits per heavy atom. The highest BCUT2D eigenvalue weighted by molar-refractivity contribution is 5.90. The van der Waals surface area contributed by atoms with Gasteiger partial charge in [-0.05, 0) is 111 Å². The molecule has 1 N–H and O–H groups in total. The van der Waals surface area contributed by atoms with Gasteiger partial charge in [-0.25, -0.2) is 0 Å². The van der Waals surface area contributed by atoms with E-state index in [0.29, 0.717) is 12.3 Å². The minimum Gasteiger partial charge on any atom is -0.342 e. The predicted octanol–water partition coefficient (Wildman–Crippen LogP) is 6.37. The van der Waals surface area contributed by atoms with Gasteiger partial charge in [-0.2, -0.15) is 0 Å². The molecule has 0 spiro atoms. The second-order valence-electron chi connectivity index (χ2n) is 11.5. The Bertz CT molecular complexity index is 1130. The summed E-state index contributed by atoms with van der Waals surface area (Å²) >= 11 is 0. The molecular formula is C34H46ClN3O. The van der Waals surface area contributed by atoms with Crippen LogP contribution < -0.4 is 5.32 Å². The molecule has 0 bridgehead atoms. The maximum absolute atomic E-state index is 13.0. The number of halogens is 1. The van der Waals surface area contributed by atoms with Gasteiger partial charge in [0.25, 0.3) is 0 Å². The van der Waals surface area contributed by atoms with Crippen LogP contribution in [0.2, 0.25) is 0 Å². The van der Waals surface area contributed by atoms with Gasteiger partial charge in [-0.15, -0.1) is 12.4 Å². The Kier molecular flexibility index (Phi) is 11.7. The average molecular weight is 548 g/mol. The highest BCUT2D eigenvalue weighted by Gasteiger charge is 2.23. The lowest BCUT2D eigenvalue weighted by Gasteiger charge is -2.32. The van der Waals surface area contributed by atoms with Crippen molar-refractivity contribution in [1.82, 2.24) is 15.1 Å². The lowest BCUT2D eigenvalue weighted by atomic mass is 9.90. The number of benzene rings is 3. The number of likely N-dealkylation sites (tertiary alicyclic amines) is 2. The molecule has 2 heterocycles. The van der Waals surface area contributed by atoms with Gasteiger partial charge in [0, 0.05) is 13.1 Å². The number of hydrogen-bond donors (Lipinski definition) is 1. The number of fused-ring (bicyclic) bond motifs is 1. The lowest BCUT2D eigenvalue weighted by Crippen LogP contribution is -2.41. The molecule has 3 aromatic carbocycles. The number of carbonyl (C=O) groups excluding carboxylic acids is 1. The highest BCUT2D eigenvalue weighted by atomic mass is 35.5. The van der Waals surface area contributed by atoms with Gasteiger partial charge in [0.15, 0.2) is 0 Å². The summed E-state index contributed by atoms with van der Waals surface area (Å²) < 4.78 is 0. The zero-order valence-electron chi connectivity index (χ0n) is 23.4. The molecule has 2 aliphatic heterocycles. The first kappa shape index (κ1) is 29.6. The maximum atomic E-state index is 13.0. The van der Waals surface area contributed by atoms with Crippen LogP contribution in [0.1, 0.15) is 49.7 Å². The number of amides is 1. The van der Waals surface area contributed by atoms with Crippen LogP contribution in [-0.2, 0) is 17.6 Å². The molecule has 0 saturated carbocycles.